The van der Waals surface area contributed by atoms with Crippen molar-refractivity contribution in [2.45, 2.75) is 6.18 Å². The van der Waals surface area contributed by atoms with Gasteiger partial charge in [-0.2, -0.15) is 13.2 Å². The molecule has 0 amide bonds. The average molecular weight is 354 g/mol. The predicted molar refractivity (Wildman–Crippen MR) is 93.0 cm³/mol. The number of aromatic amines is 1. The van der Waals surface area contributed by atoms with E-state index in [-0.39, 0.29) is 5.75 Å². The van der Waals surface area contributed by atoms with Crippen LogP contribution in [0.15, 0.2) is 72.8 Å². The summed E-state index contributed by atoms with van der Waals surface area (Å²) in [4.78, 5) is 7.74. The summed E-state index contributed by atoms with van der Waals surface area (Å²) < 4.78 is 43.8. The smallest absolute Gasteiger partial charge is 0.416 e. The van der Waals surface area contributed by atoms with E-state index in [0.29, 0.717) is 5.75 Å². The quantitative estimate of drug-likeness (QED) is 0.487. The maximum atomic E-state index is 12.8. The van der Waals surface area contributed by atoms with Crippen molar-refractivity contribution in [2.75, 3.05) is 0 Å². The van der Waals surface area contributed by atoms with Gasteiger partial charge in [0.25, 0.3) is 0 Å². The third kappa shape index (κ3) is 3.26. The first-order valence-corrected chi connectivity index (χ1v) is 7.89. The van der Waals surface area contributed by atoms with Crippen molar-refractivity contribution >= 4 is 11.0 Å². The Kier molecular flexibility index (Phi) is 3.88. The van der Waals surface area contributed by atoms with Crippen LogP contribution in [-0.2, 0) is 6.18 Å². The Morgan fingerprint density at radius 1 is 0.808 bits per heavy atom. The second-order valence-corrected chi connectivity index (χ2v) is 5.75. The van der Waals surface area contributed by atoms with E-state index < -0.39 is 11.7 Å². The van der Waals surface area contributed by atoms with Crippen LogP contribution < -0.4 is 4.74 Å². The van der Waals surface area contributed by atoms with Crippen molar-refractivity contribution < 1.29 is 17.9 Å². The van der Waals surface area contributed by atoms with Crippen LogP contribution in [0.1, 0.15) is 5.56 Å². The lowest BCUT2D eigenvalue weighted by Crippen LogP contribution is -2.04. The lowest BCUT2D eigenvalue weighted by atomic mass is 10.2. The SMILES string of the molecule is FC(F)(F)c1cccc(Oc2ccc(-c3nc4ccccc4[nH]3)cc2)c1. The van der Waals surface area contributed by atoms with E-state index in [0.717, 1.165) is 34.6 Å². The molecule has 0 radical (unpaired) electrons. The molecule has 4 rings (SSSR count). The van der Waals surface area contributed by atoms with Gasteiger partial charge in [0.1, 0.15) is 17.3 Å². The average Bonchev–Trinajstić information content (AvgIpc) is 3.06. The van der Waals surface area contributed by atoms with Crippen LogP contribution in [-0.4, -0.2) is 9.97 Å². The van der Waals surface area contributed by atoms with E-state index in [1.54, 1.807) is 24.3 Å². The van der Waals surface area contributed by atoms with Gasteiger partial charge in [-0.1, -0.05) is 18.2 Å². The summed E-state index contributed by atoms with van der Waals surface area (Å²) in [7, 11) is 0. The molecule has 0 unspecified atom stereocenters. The normalized spacial score (nSPS) is 11.7. The topological polar surface area (TPSA) is 37.9 Å². The molecule has 3 nitrogen and oxygen atoms in total. The molecule has 0 spiro atoms. The Morgan fingerprint density at radius 3 is 2.31 bits per heavy atom. The number of hydrogen-bond donors (Lipinski definition) is 1. The summed E-state index contributed by atoms with van der Waals surface area (Å²) in [6.45, 7) is 0. The zero-order chi connectivity index (χ0) is 18.1. The van der Waals surface area contributed by atoms with E-state index in [2.05, 4.69) is 9.97 Å². The van der Waals surface area contributed by atoms with Crippen molar-refractivity contribution in [3.8, 4) is 22.9 Å². The van der Waals surface area contributed by atoms with Gasteiger partial charge in [0, 0.05) is 5.56 Å². The molecular formula is C20H13F3N2O. The third-order valence-corrected chi connectivity index (χ3v) is 3.91. The first kappa shape index (κ1) is 16.2. The fraction of sp³-hybridized carbons (Fsp3) is 0.0500. The van der Waals surface area contributed by atoms with Crippen LogP contribution in [0.5, 0.6) is 11.5 Å². The highest BCUT2D eigenvalue weighted by Gasteiger charge is 2.30. The Balaban J connectivity index is 1.56. The maximum absolute atomic E-state index is 12.8. The molecule has 0 bridgehead atoms. The van der Waals surface area contributed by atoms with Gasteiger partial charge in [0.05, 0.1) is 16.6 Å². The fourth-order valence-corrected chi connectivity index (χ4v) is 2.64. The molecule has 0 atom stereocenters. The molecule has 0 saturated heterocycles. The van der Waals surface area contributed by atoms with E-state index in [1.165, 1.54) is 12.1 Å². The number of nitrogens with one attached hydrogen (secondary N) is 1. The number of ether oxygens (including phenoxy) is 1. The number of fused-ring (bicyclic) bond motifs is 1. The molecular weight excluding hydrogens is 341 g/mol. The fourth-order valence-electron chi connectivity index (χ4n) is 2.64. The molecule has 4 aromatic rings. The second-order valence-electron chi connectivity index (χ2n) is 5.75. The van der Waals surface area contributed by atoms with E-state index >= 15 is 0 Å². The largest absolute Gasteiger partial charge is 0.457 e. The van der Waals surface area contributed by atoms with Crippen LogP contribution in [0.25, 0.3) is 22.4 Å². The molecule has 130 valence electrons. The molecule has 0 aliphatic heterocycles. The molecule has 6 heteroatoms. The number of halogens is 3. The number of nitrogens with zero attached hydrogens (tertiary/aromatic N) is 1. The lowest BCUT2D eigenvalue weighted by molar-refractivity contribution is -0.137. The monoisotopic (exact) mass is 354 g/mol. The summed E-state index contributed by atoms with van der Waals surface area (Å²) in [6, 6.07) is 19.5. The molecule has 0 saturated carbocycles. The van der Waals surface area contributed by atoms with Gasteiger partial charge in [-0.15, -0.1) is 0 Å². The zero-order valence-electron chi connectivity index (χ0n) is 13.4. The lowest BCUT2D eigenvalue weighted by Gasteiger charge is -2.10. The number of benzene rings is 3. The summed E-state index contributed by atoms with van der Waals surface area (Å²) in [6.07, 6.45) is -4.40. The van der Waals surface area contributed by atoms with Crippen molar-refractivity contribution in [3.63, 3.8) is 0 Å². The van der Waals surface area contributed by atoms with Crippen LogP contribution in [0.4, 0.5) is 13.2 Å². The van der Waals surface area contributed by atoms with Crippen molar-refractivity contribution in [2.24, 2.45) is 0 Å². The molecule has 26 heavy (non-hydrogen) atoms. The standard InChI is InChI=1S/C20H13F3N2O/c21-20(22,23)14-4-3-5-16(12-14)26-15-10-8-13(9-11-15)19-24-17-6-1-2-7-18(17)25-19/h1-12H,(H,24,25). The highest BCUT2D eigenvalue weighted by Crippen LogP contribution is 2.33. The zero-order valence-corrected chi connectivity index (χ0v) is 13.4. The minimum Gasteiger partial charge on any atom is -0.457 e. The third-order valence-electron chi connectivity index (χ3n) is 3.91. The van der Waals surface area contributed by atoms with Crippen LogP contribution in [0.2, 0.25) is 0 Å². The first-order chi connectivity index (χ1) is 12.5. The number of hydrogen-bond acceptors (Lipinski definition) is 2. The number of rotatable bonds is 3. The maximum Gasteiger partial charge on any atom is 0.416 e. The van der Waals surface area contributed by atoms with Gasteiger partial charge in [0.15, 0.2) is 0 Å². The van der Waals surface area contributed by atoms with Gasteiger partial charge < -0.3 is 9.72 Å². The van der Waals surface area contributed by atoms with Crippen LogP contribution in [0.3, 0.4) is 0 Å². The summed E-state index contributed by atoms with van der Waals surface area (Å²) in [5.74, 6) is 1.30. The predicted octanol–water partition coefficient (Wildman–Crippen LogP) is 6.04. The number of alkyl halides is 3. The van der Waals surface area contributed by atoms with Crippen LogP contribution in [0, 0.1) is 0 Å². The van der Waals surface area contributed by atoms with Crippen molar-refractivity contribution in [1.82, 2.24) is 9.97 Å². The first-order valence-electron chi connectivity index (χ1n) is 7.89. The Hall–Kier alpha value is -3.28. The second kappa shape index (κ2) is 6.22. The van der Waals surface area contributed by atoms with Gasteiger partial charge in [-0.25, -0.2) is 4.98 Å². The highest BCUT2D eigenvalue weighted by molar-refractivity contribution is 5.79. The molecule has 0 fully saturated rings. The summed E-state index contributed by atoms with van der Waals surface area (Å²) in [5.41, 5.74) is 1.92. The Bertz CT molecular complexity index is 1020. The number of para-hydroxylation sites is 2. The van der Waals surface area contributed by atoms with Crippen molar-refractivity contribution in [3.05, 3.63) is 78.4 Å². The minimum atomic E-state index is -4.40. The van der Waals surface area contributed by atoms with Gasteiger partial charge in [-0.3, -0.25) is 0 Å². The molecule has 1 heterocycles. The van der Waals surface area contributed by atoms with Crippen LogP contribution >= 0.6 is 0 Å². The van der Waals surface area contributed by atoms with Crippen molar-refractivity contribution in [1.29, 1.82) is 0 Å². The Morgan fingerprint density at radius 2 is 1.58 bits per heavy atom. The molecule has 1 aromatic heterocycles. The molecule has 0 aliphatic carbocycles. The van der Waals surface area contributed by atoms with Gasteiger partial charge >= 0.3 is 6.18 Å². The van der Waals surface area contributed by atoms with Gasteiger partial charge in [-0.05, 0) is 54.6 Å². The Labute approximate surface area is 147 Å². The van der Waals surface area contributed by atoms with E-state index in [1.807, 2.05) is 24.3 Å². The minimum absolute atomic E-state index is 0.135. The number of imidazole rings is 1. The summed E-state index contributed by atoms with van der Waals surface area (Å²) in [5, 5.41) is 0. The van der Waals surface area contributed by atoms with E-state index in [4.69, 9.17) is 4.74 Å². The molecule has 0 aliphatic rings. The molecule has 1 N–H and O–H groups in total. The summed E-state index contributed by atoms with van der Waals surface area (Å²) >= 11 is 0. The highest BCUT2D eigenvalue weighted by atomic mass is 19.4. The number of H-pyrrole nitrogens is 1. The van der Waals surface area contributed by atoms with E-state index in [9.17, 15) is 13.2 Å². The molecule has 3 aromatic carbocycles. The number of aromatic nitrogens is 2. The van der Waals surface area contributed by atoms with Gasteiger partial charge in [0.2, 0.25) is 0 Å².